The molecule has 1 aliphatic heterocycles. The highest BCUT2D eigenvalue weighted by Crippen LogP contribution is 2.38. The van der Waals surface area contributed by atoms with Gasteiger partial charge in [0, 0.05) is 11.8 Å². The average molecular weight is 406 g/mol. The zero-order chi connectivity index (χ0) is 21.3. The number of ether oxygens (including phenoxy) is 2. The summed E-state index contributed by atoms with van der Waals surface area (Å²) in [4.78, 5) is 12.1. The molecule has 2 heterocycles. The van der Waals surface area contributed by atoms with Gasteiger partial charge in [-0.15, -0.1) is 0 Å². The van der Waals surface area contributed by atoms with Crippen LogP contribution in [-0.2, 0) is 16.0 Å². The van der Waals surface area contributed by atoms with Crippen LogP contribution < -0.4 is 4.74 Å². The molecule has 0 radical (unpaired) electrons. The second-order valence-electron chi connectivity index (χ2n) is 8.51. The van der Waals surface area contributed by atoms with Gasteiger partial charge in [-0.2, -0.15) is 5.10 Å². The van der Waals surface area contributed by atoms with Gasteiger partial charge in [0.25, 0.3) is 0 Å². The summed E-state index contributed by atoms with van der Waals surface area (Å²) in [6, 6.07) is 11.8. The summed E-state index contributed by atoms with van der Waals surface area (Å²) in [6.07, 6.45) is 4.41. The Morgan fingerprint density at radius 3 is 2.67 bits per heavy atom. The summed E-state index contributed by atoms with van der Waals surface area (Å²) in [7, 11) is 0. The fourth-order valence-electron chi connectivity index (χ4n) is 3.75. The van der Waals surface area contributed by atoms with Gasteiger partial charge in [0.2, 0.25) is 0 Å². The molecule has 2 N–H and O–H groups in total. The van der Waals surface area contributed by atoms with Gasteiger partial charge in [-0.25, -0.2) is 4.79 Å². The maximum absolute atomic E-state index is 12.1. The zero-order valence-electron chi connectivity index (χ0n) is 17.4. The molecule has 0 bridgehead atoms. The van der Waals surface area contributed by atoms with Gasteiger partial charge in [0.05, 0.1) is 18.4 Å². The van der Waals surface area contributed by atoms with Crippen LogP contribution in [0.5, 0.6) is 5.75 Å². The normalized spacial score (nSPS) is 14.6. The van der Waals surface area contributed by atoms with Crippen LogP contribution in [0.2, 0.25) is 0 Å². The highest BCUT2D eigenvalue weighted by Gasteiger charge is 2.29. The van der Waals surface area contributed by atoms with Crippen LogP contribution >= 0.6 is 0 Å². The van der Waals surface area contributed by atoms with Crippen molar-refractivity contribution in [3.05, 3.63) is 59.9 Å². The van der Waals surface area contributed by atoms with Gasteiger partial charge in [0.1, 0.15) is 5.75 Å². The van der Waals surface area contributed by atoms with Crippen molar-refractivity contribution in [3.8, 4) is 28.0 Å². The van der Waals surface area contributed by atoms with E-state index in [9.17, 15) is 9.90 Å². The maximum atomic E-state index is 12.1. The molecule has 0 saturated heterocycles. The number of aromatic nitrogens is 2. The first kappa shape index (κ1) is 20.2. The molecule has 6 nitrogen and oxygen atoms in total. The van der Waals surface area contributed by atoms with Crippen LogP contribution in [0.4, 0.5) is 0 Å². The van der Waals surface area contributed by atoms with Crippen molar-refractivity contribution in [2.75, 3.05) is 6.61 Å². The number of aryl methyl sites for hydroxylation is 1. The number of carbonyl (C=O) groups is 1. The highest BCUT2D eigenvalue weighted by molar-refractivity contribution is 5.83. The van der Waals surface area contributed by atoms with Gasteiger partial charge in [0.15, 0.2) is 6.10 Å². The zero-order valence-corrected chi connectivity index (χ0v) is 17.4. The summed E-state index contributed by atoms with van der Waals surface area (Å²) in [5.41, 5.74) is 4.84. The second kappa shape index (κ2) is 7.95. The van der Waals surface area contributed by atoms with Crippen LogP contribution in [0.25, 0.3) is 22.3 Å². The molecule has 1 unspecified atom stereocenters. The number of hydrogen-bond donors (Lipinski definition) is 2. The number of hydrogen-bond acceptors (Lipinski definition) is 4. The highest BCUT2D eigenvalue weighted by atomic mass is 16.5. The lowest BCUT2D eigenvalue weighted by Gasteiger charge is -2.27. The van der Waals surface area contributed by atoms with E-state index in [-0.39, 0.29) is 0 Å². The Hall–Kier alpha value is -3.12. The van der Waals surface area contributed by atoms with E-state index in [1.807, 2.05) is 57.3 Å². The fraction of sp³-hybridized carbons (Fsp3) is 0.333. The Bertz CT molecular complexity index is 1050. The summed E-state index contributed by atoms with van der Waals surface area (Å²) in [6.45, 7) is 6.31. The first-order chi connectivity index (χ1) is 14.3. The molecule has 4 rings (SSSR count). The molecule has 0 aliphatic carbocycles. The Kier molecular flexibility index (Phi) is 5.35. The third kappa shape index (κ3) is 4.24. The minimum atomic E-state index is -1.08. The lowest BCUT2D eigenvalue weighted by molar-refractivity contribution is -0.160. The number of rotatable bonds is 5. The molecule has 30 heavy (non-hydrogen) atoms. The van der Waals surface area contributed by atoms with Crippen molar-refractivity contribution in [2.24, 2.45) is 0 Å². The van der Waals surface area contributed by atoms with Gasteiger partial charge in [-0.05, 0) is 79.6 Å². The van der Waals surface area contributed by atoms with Crippen molar-refractivity contribution < 1.29 is 19.4 Å². The number of H-pyrrole nitrogens is 1. The standard InChI is InChI=1S/C24H26N2O4/c1-24(2,3)30-22(23(27)28)19-8-6-15(18-13-25-26-14-18)12-20(19)16-7-9-21-17(11-16)5-4-10-29-21/h6-9,11-14,22H,4-5,10H2,1-3H3,(H,25,26)(H,27,28). The van der Waals surface area contributed by atoms with E-state index in [4.69, 9.17) is 9.47 Å². The molecule has 0 spiro atoms. The van der Waals surface area contributed by atoms with Gasteiger partial charge >= 0.3 is 5.97 Å². The first-order valence-electron chi connectivity index (χ1n) is 10.1. The van der Waals surface area contributed by atoms with E-state index in [0.717, 1.165) is 53.0 Å². The number of nitrogens with one attached hydrogen (secondary N) is 1. The van der Waals surface area contributed by atoms with Gasteiger partial charge < -0.3 is 14.6 Å². The fourth-order valence-corrected chi connectivity index (χ4v) is 3.75. The number of fused-ring (bicyclic) bond motifs is 1. The van der Waals surface area contributed by atoms with E-state index in [0.29, 0.717) is 5.56 Å². The Morgan fingerprint density at radius 2 is 1.97 bits per heavy atom. The van der Waals surface area contributed by atoms with Crippen molar-refractivity contribution >= 4 is 5.97 Å². The number of benzene rings is 2. The molecule has 0 saturated carbocycles. The summed E-state index contributed by atoms with van der Waals surface area (Å²) < 4.78 is 11.7. The molecule has 2 aromatic carbocycles. The molecule has 1 aliphatic rings. The smallest absolute Gasteiger partial charge is 0.337 e. The van der Waals surface area contributed by atoms with E-state index in [2.05, 4.69) is 16.3 Å². The largest absolute Gasteiger partial charge is 0.493 e. The van der Waals surface area contributed by atoms with Crippen LogP contribution in [0, 0.1) is 0 Å². The maximum Gasteiger partial charge on any atom is 0.337 e. The third-order valence-corrected chi connectivity index (χ3v) is 5.08. The number of nitrogens with zero attached hydrogens (tertiary/aromatic N) is 1. The van der Waals surface area contributed by atoms with E-state index < -0.39 is 17.7 Å². The molecule has 3 aromatic rings. The lowest BCUT2D eigenvalue weighted by atomic mass is 9.90. The minimum Gasteiger partial charge on any atom is -0.493 e. The Labute approximate surface area is 175 Å². The van der Waals surface area contributed by atoms with E-state index in [1.165, 1.54) is 0 Å². The first-order valence-corrected chi connectivity index (χ1v) is 10.1. The lowest BCUT2D eigenvalue weighted by Crippen LogP contribution is -2.27. The Morgan fingerprint density at radius 1 is 1.17 bits per heavy atom. The van der Waals surface area contributed by atoms with E-state index >= 15 is 0 Å². The molecule has 0 amide bonds. The molecule has 1 aromatic heterocycles. The van der Waals surface area contributed by atoms with Gasteiger partial charge in [-0.1, -0.05) is 18.2 Å². The molecular formula is C24H26N2O4. The molecule has 156 valence electrons. The molecular weight excluding hydrogens is 380 g/mol. The predicted octanol–water partition coefficient (Wildman–Crippen LogP) is 5.01. The van der Waals surface area contributed by atoms with Crippen molar-refractivity contribution in [3.63, 3.8) is 0 Å². The van der Waals surface area contributed by atoms with Crippen LogP contribution in [-0.4, -0.2) is 33.5 Å². The van der Waals surface area contributed by atoms with E-state index in [1.54, 1.807) is 6.20 Å². The SMILES string of the molecule is CC(C)(C)OC(C(=O)O)c1ccc(-c2cn[nH]c2)cc1-c1ccc2c(c1)CCCO2. The molecule has 6 heteroatoms. The predicted molar refractivity (Wildman–Crippen MR) is 114 cm³/mol. The third-order valence-electron chi connectivity index (χ3n) is 5.08. The minimum absolute atomic E-state index is 0.604. The molecule has 0 fully saturated rings. The topological polar surface area (TPSA) is 84.4 Å². The summed E-state index contributed by atoms with van der Waals surface area (Å²) in [5.74, 6) is -0.109. The van der Waals surface area contributed by atoms with Crippen molar-refractivity contribution in [2.45, 2.75) is 45.3 Å². The quantitative estimate of drug-likeness (QED) is 0.622. The number of carboxylic acids is 1. The Balaban J connectivity index is 1.87. The summed E-state index contributed by atoms with van der Waals surface area (Å²) >= 11 is 0. The van der Waals surface area contributed by atoms with Crippen molar-refractivity contribution in [1.82, 2.24) is 10.2 Å². The second-order valence-corrected chi connectivity index (χ2v) is 8.51. The van der Waals surface area contributed by atoms with Crippen LogP contribution in [0.1, 0.15) is 44.4 Å². The van der Waals surface area contributed by atoms with Crippen LogP contribution in [0.15, 0.2) is 48.8 Å². The average Bonchev–Trinajstić information content (AvgIpc) is 3.25. The van der Waals surface area contributed by atoms with Crippen molar-refractivity contribution in [1.29, 1.82) is 0 Å². The number of carboxylic acid groups (broad SMARTS) is 1. The number of aliphatic carboxylic acids is 1. The number of aromatic amines is 1. The molecule has 1 atom stereocenters. The van der Waals surface area contributed by atoms with Crippen LogP contribution in [0.3, 0.4) is 0 Å². The summed E-state index contributed by atoms with van der Waals surface area (Å²) in [5, 5.41) is 16.8. The monoisotopic (exact) mass is 406 g/mol. The van der Waals surface area contributed by atoms with Gasteiger partial charge in [-0.3, -0.25) is 5.10 Å².